The fourth-order valence-corrected chi connectivity index (χ4v) is 1.38. The van der Waals surface area contributed by atoms with Crippen LogP contribution in [0.5, 0.6) is 0 Å². The Morgan fingerprint density at radius 2 is 2.25 bits per heavy atom. The van der Waals surface area contributed by atoms with Gasteiger partial charge in [0.25, 0.3) is 5.56 Å². The normalized spacial score (nSPS) is 10.4. The predicted molar refractivity (Wildman–Crippen MR) is 49.3 cm³/mol. The fourth-order valence-electron chi connectivity index (χ4n) is 1.38. The summed E-state index contributed by atoms with van der Waals surface area (Å²) in [5.74, 6) is 0. The fraction of sp³-hybridized carbons (Fsp3) is 0.100. The molecule has 1 aromatic carbocycles. The van der Waals surface area contributed by atoms with Gasteiger partial charge in [0.2, 0.25) is 0 Å². The Balaban J connectivity index is 3.05. The molecule has 0 spiro atoms. The van der Waals surface area contributed by atoms with E-state index < -0.39 is 0 Å². The van der Waals surface area contributed by atoms with Crippen molar-refractivity contribution in [2.45, 2.75) is 6.92 Å². The van der Waals surface area contributed by atoms with Gasteiger partial charge in [-0.05, 0) is 30.0 Å². The molecule has 2 rings (SSSR count). The second-order valence-electron chi connectivity index (χ2n) is 2.84. The first kappa shape index (κ1) is 7.10. The summed E-state index contributed by atoms with van der Waals surface area (Å²) < 4.78 is 0. The third-order valence-corrected chi connectivity index (χ3v) is 2.03. The number of aromatic nitrogens is 1. The van der Waals surface area contributed by atoms with E-state index in [1.807, 2.05) is 31.2 Å². The summed E-state index contributed by atoms with van der Waals surface area (Å²) in [6.45, 7) is 2.00. The molecular formula is C10H9NO. The zero-order chi connectivity index (χ0) is 8.55. The number of aryl methyl sites for hydroxylation is 1. The van der Waals surface area contributed by atoms with E-state index in [1.165, 1.54) is 0 Å². The Kier molecular flexibility index (Phi) is 1.47. The Labute approximate surface area is 69.9 Å². The van der Waals surface area contributed by atoms with Crippen molar-refractivity contribution in [1.82, 2.24) is 4.98 Å². The summed E-state index contributed by atoms with van der Waals surface area (Å²) in [7, 11) is 0. The van der Waals surface area contributed by atoms with E-state index in [4.69, 9.17) is 0 Å². The third kappa shape index (κ3) is 0.925. The standard InChI is InChI=1S/C10H9NO/c1-7-3-2-4-9-8(7)5-6-11-10(9)12/h2-6H,1H3,(H,11,12)/i5+2. The number of nitrogens with one attached hydrogen (secondary N) is 1. The van der Waals surface area contributed by atoms with Crippen molar-refractivity contribution < 1.29 is 0 Å². The van der Waals surface area contributed by atoms with Crippen molar-refractivity contribution >= 4 is 10.8 Å². The van der Waals surface area contributed by atoms with Gasteiger partial charge in [-0.2, -0.15) is 0 Å². The zero-order valence-electron chi connectivity index (χ0n) is 6.79. The molecule has 2 heteroatoms. The number of hydrogen-bond acceptors (Lipinski definition) is 1. The van der Waals surface area contributed by atoms with Gasteiger partial charge in [0, 0.05) is 11.6 Å². The van der Waals surface area contributed by atoms with Crippen LogP contribution in [0.15, 0.2) is 35.3 Å². The van der Waals surface area contributed by atoms with Crippen molar-refractivity contribution in [2.24, 2.45) is 0 Å². The Morgan fingerprint density at radius 1 is 1.42 bits per heavy atom. The Hall–Kier alpha value is -1.57. The van der Waals surface area contributed by atoms with Gasteiger partial charge >= 0.3 is 0 Å². The van der Waals surface area contributed by atoms with Crippen molar-refractivity contribution in [3.8, 4) is 0 Å². The van der Waals surface area contributed by atoms with Crippen LogP contribution in [0.1, 0.15) is 5.56 Å². The number of benzene rings is 1. The number of H-pyrrole nitrogens is 1. The maximum absolute atomic E-state index is 11.3. The van der Waals surface area contributed by atoms with E-state index >= 15 is 0 Å². The highest BCUT2D eigenvalue weighted by atomic mass is 16.1. The first-order valence-electron chi connectivity index (χ1n) is 3.86. The van der Waals surface area contributed by atoms with Gasteiger partial charge < -0.3 is 4.98 Å². The Morgan fingerprint density at radius 3 is 3.00 bits per heavy atom. The smallest absolute Gasteiger partial charge is 0.255 e. The largest absolute Gasteiger partial charge is 0.329 e. The summed E-state index contributed by atoms with van der Waals surface area (Å²) in [4.78, 5) is 13.9. The summed E-state index contributed by atoms with van der Waals surface area (Å²) in [5.41, 5.74) is 1.12. The summed E-state index contributed by atoms with van der Waals surface area (Å²) >= 11 is 0. The van der Waals surface area contributed by atoms with Gasteiger partial charge in [-0.25, -0.2) is 0 Å². The maximum Gasteiger partial charge on any atom is 0.255 e. The average molecular weight is 161 g/mol. The summed E-state index contributed by atoms with van der Waals surface area (Å²) in [6, 6.07) is 7.65. The van der Waals surface area contributed by atoms with E-state index in [2.05, 4.69) is 4.98 Å². The quantitative estimate of drug-likeness (QED) is 0.628. The van der Waals surface area contributed by atoms with Crippen LogP contribution in [-0.2, 0) is 0 Å². The molecule has 0 fully saturated rings. The van der Waals surface area contributed by atoms with Gasteiger partial charge in [-0.15, -0.1) is 0 Å². The van der Waals surface area contributed by atoms with E-state index in [0.717, 1.165) is 16.3 Å². The molecule has 0 bridgehead atoms. The molecule has 60 valence electrons. The van der Waals surface area contributed by atoms with Crippen LogP contribution in [-0.4, -0.2) is 4.98 Å². The second-order valence-corrected chi connectivity index (χ2v) is 2.84. The van der Waals surface area contributed by atoms with Crippen LogP contribution >= 0.6 is 0 Å². The van der Waals surface area contributed by atoms with Crippen molar-refractivity contribution in [3.05, 3.63) is 46.4 Å². The summed E-state index contributed by atoms with van der Waals surface area (Å²) in [5, 5.41) is 1.79. The van der Waals surface area contributed by atoms with E-state index in [0.29, 0.717) is 0 Å². The van der Waals surface area contributed by atoms with E-state index in [9.17, 15) is 4.79 Å². The molecule has 1 aromatic heterocycles. The molecule has 0 aliphatic rings. The SMILES string of the molecule is Cc1cccc2c(=O)[nH]c[14cH]c12. The molecular weight excluding hydrogens is 152 g/mol. The van der Waals surface area contributed by atoms with Crippen LogP contribution in [0.2, 0.25) is 0 Å². The van der Waals surface area contributed by atoms with Crippen LogP contribution in [0.4, 0.5) is 0 Å². The second kappa shape index (κ2) is 2.48. The lowest BCUT2D eigenvalue weighted by Gasteiger charge is -1.98. The van der Waals surface area contributed by atoms with Gasteiger partial charge in [0.15, 0.2) is 0 Å². The van der Waals surface area contributed by atoms with Gasteiger partial charge in [-0.1, -0.05) is 12.1 Å². The highest BCUT2D eigenvalue weighted by Crippen LogP contribution is 2.12. The highest BCUT2D eigenvalue weighted by Gasteiger charge is 1.97. The molecule has 12 heavy (non-hydrogen) atoms. The zero-order valence-corrected chi connectivity index (χ0v) is 6.79. The summed E-state index contributed by atoms with van der Waals surface area (Å²) in [6.07, 6.45) is 1.68. The number of aromatic amines is 1. The topological polar surface area (TPSA) is 32.9 Å². The van der Waals surface area contributed by atoms with Crippen molar-refractivity contribution in [3.63, 3.8) is 0 Å². The van der Waals surface area contributed by atoms with Gasteiger partial charge in [0.1, 0.15) is 0 Å². The monoisotopic (exact) mass is 161 g/mol. The van der Waals surface area contributed by atoms with Crippen LogP contribution in [0, 0.1) is 6.92 Å². The minimum atomic E-state index is -0.0174. The molecule has 0 radical (unpaired) electrons. The maximum atomic E-state index is 11.3. The minimum absolute atomic E-state index is 0.0174. The van der Waals surface area contributed by atoms with Crippen LogP contribution in [0.25, 0.3) is 10.8 Å². The molecule has 1 heterocycles. The lowest BCUT2D eigenvalue weighted by molar-refractivity contribution is 1.27. The van der Waals surface area contributed by atoms with E-state index in [-0.39, 0.29) is 5.56 Å². The van der Waals surface area contributed by atoms with Crippen molar-refractivity contribution in [1.29, 1.82) is 0 Å². The molecule has 0 aliphatic carbocycles. The molecule has 2 aromatic rings. The molecule has 2 nitrogen and oxygen atoms in total. The lowest BCUT2D eigenvalue weighted by atomic mass is 10.1. The molecule has 0 amide bonds. The number of hydrogen-bond donors (Lipinski definition) is 1. The van der Waals surface area contributed by atoms with Gasteiger partial charge in [0.05, 0.1) is 0 Å². The van der Waals surface area contributed by atoms with Crippen molar-refractivity contribution in [2.75, 3.05) is 0 Å². The highest BCUT2D eigenvalue weighted by molar-refractivity contribution is 5.84. The first-order chi connectivity index (χ1) is 5.79. The number of pyridine rings is 1. The molecule has 0 unspecified atom stereocenters. The first-order valence-corrected chi connectivity index (χ1v) is 3.86. The molecule has 0 aliphatic heterocycles. The van der Waals surface area contributed by atoms with Gasteiger partial charge in [-0.3, -0.25) is 4.79 Å². The lowest BCUT2D eigenvalue weighted by Crippen LogP contribution is -2.04. The van der Waals surface area contributed by atoms with E-state index in [1.54, 1.807) is 6.20 Å². The average Bonchev–Trinajstić information content (AvgIpc) is 2.07. The molecule has 0 saturated heterocycles. The third-order valence-electron chi connectivity index (χ3n) is 2.03. The number of rotatable bonds is 0. The molecule has 1 N–H and O–H groups in total. The number of fused-ring (bicyclic) bond motifs is 1. The predicted octanol–water partition coefficient (Wildman–Crippen LogP) is 1.84. The molecule has 0 atom stereocenters. The van der Waals surface area contributed by atoms with Crippen LogP contribution < -0.4 is 5.56 Å². The Bertz CT molecular complexity index is 470. The molecule has 0 saturated carbocycles. The van der Waals surface area contributed by atoms with Crippen LogP contribution in [0.3, 0.4) is 0 Å². The minimum Gasteiger partial charge on any atom is -0.329 e.